The van der Waals surface area contributed by atoms with E-state index < -0.39 is 5.97 Å². The molecule has 7 heteroatoms. The van der Waals surface area contributed by atoms with Crippen LogP contribution in [0.2, 0.25) is 0 Å². The summed E-state index contributed by atoms with van der Waals surface area (Å²) in [6.45, 7) is 1.49. The molecule has 3 heterocycles. The van der Waals surface area contributed by atoms with E-state index in [1.165, 1.54) is 0 Å². The molecule has 1 saturated heterocycles. The summed E-state index contributed by atoms with van der Waals surface area (Å²) < 4.78 is 1.92. The Balaban J connectivity index is 1.61. The quantitative estimate of drug-likeness (QED) is 0.750. The standard InChI is InChI=1S/C20H21N5O2/c1-24-10-8-22-19(24)17-12-21-11-16(23-17)18-7-4-9-25(18)13-14-5-2-3-6-15(14)20(26)27/h2-3,5-6,8,10-12,18H,4,7,9,13H2,1H3,(H,26,27)/t18-/m1/s1. The number of imidazole rings is 1. The van der Waals surface area contributed by atoms with Gasteiger partial charge in [0.15, 0.2) is 5.82 Å². The molecule has 0 aliphatic carbocycles. The summed E-state index contributed by atoms with van der Waals surface area (Å²) in [5.41, 5.74) is 2.83. The van der Waals surface area contributed by atoms with E-state index in [9.17, 15) is 9.90 Å². The molecule has 1 aromatic carbocycles. The van der Waals surface area contributed by atoms with Gasteiger partial charge in [-0.25, -0.2) is 14.8 Å². The second-order valence-corrected chi connectivity index (χ2v) is 6.78. The predicted octanol–water partition coefficient (Wildman–Crippen LogP) is 2.91. The Morgan fingerprint density at radius 1 is 1.30 bits per heavy atom. The van der Waals surface area contributed by atoms with Gasteiger partial charge in [0.25, 0.3) is 0 Å². The maximum absolute atomic E-state index is 11.5. The molecule has 138 valence electrons. The number of carbonyl (C=O) groups is 1. The summed E-state index contributed by atoms with van der Waals surface area (Å²) in [6, 6.07) is 7.31. The van der Waals surface area contributed by atoms with Gasteiger partial charge < -0.3 is 9.67 Å². The molecule has 27 heavy (non-hydrogen) atoms. The first kappa shape index (κ1) is 17.4. The number of aryl methyl sites for hydroxylation is 1. The number of hydrogen-bond donors (Lipinski definition) is 1. The third-order valence-corrected chi connectivity index (χ3v) is 5.03. The molecule has 0 spiro atoms. The lowest BCUT2D eigenvalue weighted by atomic mass is 10.1. The minimum Gasteiger partial charge on any atom is -0.478 e. The lowest BCUT2D eigenvalue weighted by Crippen LogP contribution is -2.24. The maximum Gasteiger partial charge on any atom is 0.336 e. The van der Waals surface area contributed by atoms with E-state index >= 15 is 0 Å². The molecular formula is C20H21N5O2. The van der Waals surface area contributed by atoms with Gasteiger partial charge in [0.05, 0.1) is 29.7 Å². The zero-order valence-corrected chi connectivity index (χ0v) is 15.1. The van der Waals surface area contributed by atoms with Crippen molar-refractivity contribution < 1.29 is 9.90 Å². The Morgan fingerprint density at radius 3 is 2.93 bits per heavy atom. The predicted molar refractivity (Wildman–Crippen MR) is 100 cm³/mol. The lowest BCUT2D eigenvalue weighted by molar-refractivity contribution is 0.0694. The van der Waals surface area contributed by atoms with E-state index in [0.717, 1.165) is 42.2 Å². The minimum absolute atomic E-state index is 0.125. The van der Waals surface area contributed by atoms with Gasteiger partial charge in [-0.05, 0) is 31.0 Å². The summed E-state index contributed by atoms with van der Waals surface area (Å²) in [7, 11) is 1.93. The van der Waals surface area contributed by atoms with Crippen molar-refractivity contribution in [1.29, 1.82) is 0 Å². The molecule has 0 amide bonds. The highest BCUT2D eigenvalue weighted by Gasteiger charge is 2.28. The van der Waals surface area contributed by atoms with Gasteiger partial charge in [0, 0.05) is 26.0 Å². The number of aromatic carboxylic acids is 1. The number of hydrogen-bond acceptors (Lipinski definition) is 5. The Labute approximate surface area is 157 Å². The molecule has 0 radical (unpaired) electrons. The van der Waals surface area contributed by atoms with E-state index in [2.05, 4.69) is 14.9 Å². The smallest absolute Gasteiger partial charge is 0.336 e. The number of carboxylic acids is 1. The van der Waals surface area contributed by atoms with Crippen LogP contribution in [0.5, 0.6) is 0 Å². The van der Waals surface area contributed by atoms with Crippen molar-refractivity contribution >= 4 is 5.97 Å². The maximum atomic E-state index is 11.5. The highest BCUT2D eigenvalue weighted by atomic mass is 16.4. The highest BCUT2D eigenvalue weighted by molar-refractivity contribution is 5.89. The number of likely N-dealkylation sites (tertiary alicyclic amines) is 1. The number of aromatic nitrogens is 4. The van der Waals surface area contributed by atoms with E-state index in [1.54, 1.807) is 30.7 Å². The average molecular weight is 363 g/mol. The van der Waals surface area contributed by atoms with E-state index in [0.29, 0.717) is 12.1 Å². The molecule has 1 aliphatic rings. The summed E-state index contributed by atoms with van der Waals surface area (Å²) in [5, 5.41) is 9.44. The van der Waals surface area contributed by atoms with Crippen molar-refractivity contribution in [3.05, 3.63) is 65.9 Å². The fraction of sp³-hybridized carbons (Fsp3) is 0.300. The van der Waals surface area contributed by atoms with Crippen molar-refractivity contribution in [3.63, 3.8) is 0 Å². The summed E-state index contributed by atoms with van der Waals surface area (Å²) in [5.74, 6) is -0.108. The van der Waals surface area contributed by atoms with Crippen molar-refractivity contribution in [2.45, 2.75) is 25.4 Å². The second-order valence-electron chi connectivity index (χ2n) is 6.78. The first-order valence-corrected chi connectivity index (χ1v) is 8.98. The topological polar surface area (TPSA) is 84.1 Å². The van der Waals surface area contributed by atoms with Crippen LogP contribution < -0.4 is 0 Å². The van der Waals surface area contributed by atoms with Crippen LogP contribution in [0, 0.1) is 0 Å². The molecule has 1 atom stereocenters. The van der Waals surface area contributed by atoms with Crippen LogP contribution in [0.25, 0.3) is 11.5 Å². The van der Waals surface area contributed by atoms with Crippen LogP contribution in [0.15, 0.2) is 49.1 Å². The highest BCUT2D eigenvalue weighted by Crippen LogP contribution is 2.33. The van der Waals surface area contributed by atoms with Crippen molar-refractivity contribution in [2.75, 3.05) is 6.54 Å². The molecule has 4 rings (SSSR count). The third kappa shape index (κ3) is 3.46. The Bertz CT molecular complexity index is 968. The summed E-state index contributed by atoms with van der Waals surface area (Å²) >= 11 is 0. The van der Waals surface area contributed by atoms with E-state index in [4.69, 9.17) is 4.98 Å². The Morgan fingerprint density at radius 2 is 2.15 bits per heavy atom. The van der Waals surface area contributed by atoms with Gasteiger partial charge >= 0.3 is 5.97 Å². The van der Waals surface area contributed by atoms with Gasteiger partial charge in [0.1, 0.15) is 5.69 Å². The molecule has 0 bridgehead atoms. The van der Waals surface area contributed by atoms with Crippen LogP contribution >= 0.6 is 0 Å². The molecule has 1 fully saturated rings. The number of carboxylic acid groups (broad SMARTS) is 1. The van der Waals surface area contributed by atoms with Crippen LogP contribution in [0.1, 0.15) is 40.5 Å². The van der Waals surface area contributed by atoms with Crippen molar-refractivity contribution in [3.8, 4) is 11.5 Å². The van der Waals surface area contributed by atoms with Crippen molar-refractivity contribution in [1.82, 2.24) is 24.4 Å². The average Bonchev–Trinajstić information content (AvgIpc) is 3.31. The number of benzene rings is 1. The largest absolute Gasteiger partial charge is 0.478 e. The first-order chi connectivity index (χ1) is 13.1. The van der Waals surface area contributed by atoms with Gasteiger partial charge in [-0.1, -0.05) is 18.2 Å². The van der Waals surface area contributed by atoms with Crippen LogP contribution in [-0.2, 0) is 13.6 Å². The number of nitrogens with zero attached hydrogens (tertiary/aromatic N) is 5. The Kier molecular flexibility index (Phi) is 4.68. The zero-order valence-electron chi connectivity index (χ0n) is 15.1. The number of rotatable bonds is 5. The molecule has 1 aliphatic heterocycles. The minimum atomic E-state index is -0.891. The van der Waals surface area contributed by atoms with Crippen LogP contribution in [0.3, 0.4) is 0 Å². The third-order valence-electron chi connectivity index (χ3n) is 5.03. The van der Waals surface area contributed by atoms with E-state index in [1.807, 2.05) is 29.9 Å². The molecular weight excluding hydrogens is 342 g/mol. The molecule has 3 aromatic rings. The van der Waals surface area contributed by atoms with Crippen LogP contribution in [-0.4, -0.2) is 42.0 Å². The summed E-state index contributed by atoms with van der Waals surface area (Å²) in [4.78, 5) is 27.3. The molecule has 1 N–H and O–H groups in total. The van der Waals surface area contributed by atoms with E-state index in [-0.39, 0.29) is 6.04 Å². The fourth-order valence-electron chi connectivity index (χ4n) is 3.70. The van der Waals surface area contributed by atoms with Gasteiger partial charge in [-0.3, -0.25) is 9.88 Å². The second kappa shape index (κ2) is 7.28. The monoisotopic (exact) mass is 363 g/mol. The SMILES string of the molecule is Cn1ccnc1-c1cncc([C@H]2CCCN2Cc2ccccc2C(=O)O)n1. The van der Waals surface area contributed by atoms with Crippen molar-refractivity contribution in [2.24, 2.45) is 7.05 Å². The van der Waals surface area contributed by atoms with Crippen LogP contribution in [0.4, 0.5) is 0 Å². The molecule has 2 aromatic heterocycles. The first-order valence-electron chi connectivity index (χ1n) is 8.98. The van der Waals surface area contributed by atoms with Gasteiger partial charge in [0.2, 0.25) is 0 Å². The molecule has 0 unspecified atom stereocenters. The molecule has 0 saturated carbocycles. The van der Waals surface area contributed by atoms with Gasteiger partial charge in [-0.2, -0.15) is 0 Å². The Hall–Kier alpha value is -3.06. The lowest BCUT2D eigenvalue weighted by Gasteiger charge is -2.24. The fourth-order valence-corrected chi connectivity index (χ4v) is 3.70. The zero-order chi connectivity index (χ0) is 18.8. The molecule has 7 nitrogen and oxygen atoms in total. The van der Waals surface area contributed by atoms with Gasteiger partial charge in [-0.15, -0.1) is 0 Å². The normalized spacial score (nSPS) is 17.3. The summed E-state index contributed by atoms with van der Waals surface area (Å²) in [6.07, 6.45) is 9.19.